The highest BCUT2D eigenvalue weighted by Gasteiger charge is 2.31. The molecule has 46 heavy (non-hydrogen) atoms. The SMILES string of the molecule is CC/C=C\C/C=C\C/C=C\C/C=C\C/C=C\C/C=C\CCC(=O)NCCSSC(C)(C)[C@@H](C=O)NC(=O)CCCc1ccccc1. The number of aryl methyl sites for hydroxylation is 1. The van der Waals surface area contributed by atoms with E-state index in [1.54, 1.807) is 21.6 Å². The van der Waals surface area contributed by atoms with Crippen LogP contribution in [0.4, 0.5) is 0 Å². The molecule has 1 atom stereocenters. The van der Waals surface area contributed by atoms with Crippen molar-refractivity contribution in [2.75, 3.05) is 12.3 Å². The molecule has 5 nitrogen and oxygen atoms in total. The average molecular weight is 665 g/mol. The van der Waals surface area contributed by atoms with Crippen molar-refractivity contribution in [2.45, 2.75) is 102 Å². The Morgan fingerprint density at radius 3 is 1.85 bits per heavy atom. The van der Waals surface area contributed by atoms with Crippen LogP contribution in [0.3, 0.4) is 0 Å². The largest absolute Gasteiger partial charge is 0.355 e. The minimum atomic E-state index is -0.579. The fourth-order valence-corrected chi connectivity index (χ4v) is 6.65. The highest BCUT2D eigenvalue weighted by molar-refractivity contribution is 8.77. The van der Waals surface area contributed by atoms with Crippen LogP contribution in [0.2, 0.25) is 0 Å². The van der Waals surface area contributed by atoms with Gasteiger partial charge in [-0.2, -0.15) is 0 Å². The first-order valence-electron chi connectivity index (χ1n) is 16.6. The molecule has 0 aliphatic rings. The van der Waals surface area contributed by atoms with E-state index in [1.807, 2.05) is 32.0 Å². The van der Waals surface area contributed by atoms with E-state index in [0.717, 1.165) is 69.8 Å². The number of allylic oxidation sites excluding steroid dienone is 12. The van der Waals surface area contributed by atoms with Gasteiger partial charge in [0.05, 0.1) is 6.04 Å². The van der Waals surface area contributed by atoms with Gasteiger partial charge in [-0.1, -0.05) is 132 Å². The third kappa shape index (κ3) is 23.3. The molecule has 7 heteroatoms. The van der Waals surface area contributed by atoms with Gasteiger partial charge in [0.1, 0.15) is 6.29 Å². The number of amides is 2. The zero-order valence-corrected chi connectivity index (χ0v) is 29.8. The first kappa shape index (κ1) is 41.0. The molecule has 252 valence electrons. The molecule has 0 aromatic heterocycles. The minimum absolute atomic E-state index is 0.0397. The number of carbonyl (C=O) groups is 3. The van der Waals surface area contributed by atoms with Crippen LogP contribution in [0.1, 0.15) is 90.5 Å². The number of aldehydes is 1. The molecule has 0 aliphatic heterocycles. The monoisotopic (exact) mass is 664 g/mol. The normalized spacial score (nSPS) is 13.2. The lowest BCUT2D eigenvalue weighted by Crippen LogP contribution is -2.48. The summed E-state index contributed by atoms with van der Waals surface area (Å²) in [4.78, 5) is 36.3. The maximum Gasteiger partial charge on any atom is 0.220 e. The highest BCUT2D eigenvalue weighted by Crippen LogP contribution is 2.37. The standard InChI is InChI=1S/C39H56N2O3S2/c1-4-5-6-7-8-9-10-11-12-13-14-15-16-17-18-19-20-21-25-30-37(43)40-32-33-45-46-39(2,3)36(34-42)41-38(44)31-26-29-35-27-23-22-24-28-35/h5-6,8-9,11-12,14-15,17-18,20-24,27-28,34,36H,4,7,10,13,16,19,25-26,29-33H2,1-3H3,(H,40,43)(H,41,44)/b6-5-,9-8-,12-11-,15-14-,18-17-,21-20-/t36-/m1/s1. The molecule has 1 aromatic carbocycles. The fourth-order valence-electron chi connectivity index (χ4n) is 4.13. The molecule has 2 N–H and O–H groups in total. The smallest absolute Gasteiger partial charge is 0.220 e. The molecule has 0 saturated carbocycles. The van der Waals surface area contributed by atoms with E-state index >= 15 is 0 Å². The summed E-state index contributed by atoms with van der Waals surface area (Å²) in [5.41, 5.74) is 1.20. The van der Waals surface area contributed by atoms with Crippen LogP contribution in [0.5, 0.6) is 0 Å². The molecule has 0 bridgehead atoms. The van der Waals surface area contributed by atoms with Gasteiger partial charge in [0.25, 0.3) is 0 Å². The van der Waals surface area contributed by atoms with Gasteiger partial charge in [-0.15, -0.1) is 0 Å². The molecule has 0 fully saturated rings. The second kappa shape index (κ2) is 28.2. The molecule has 0 heterocycles. The van der Waals surface area contributed by atoms with Crippen LogP contribution >= 0.6 is 21.6 Å². The summed E-state index contributed by atoms with van der Waals surface area (Å²) in [6.45, 7) is 6.63. The van der Waals surface area contributed by atoms with E-state index in [1.165, 1.54) is 5.56 Å². The minimum Gasteiger partial charge on any atom is -0.355 e. The summed E-state index contributed by atoms with van der Waals surface area (Å²) in [5.74, 6) is 0.653. The zero-order valence-electron chi connectivity index (χ0n) is 28.2. The molecular weight excluding hydrogens is 609 g/mol. The Morgan fingerprint density at radius 1 is 0.761 bits per heavy atom. The fraction of sp³-hybridized carbons (Fsp3) is 0.462. The molecule has 0 unspecified atom stereocenters. The zero-order chi connectivity index (χ0) is 33.6. The van der Waals surface area contributed by atoms with E-state index in [0.29, 0.717) is 19.4 Å². The molecular formula is C39H56N2O3S2. The predicted octanol–water partition coefficient (Wildman–Crippen LogP) is 9.45. The molecule has 0 aliphatic carbocycles. The lowest BCUT2D eigenvalue weighted by Gasteiger charge is -2.30. The summed E-state index contributed by atoms with van der Waals surface area (Å²) >= 11 is 0. The van der Waals surface area contributed by atoms with Crippen molar-refractivity contribution in [1.82, 2.24) is 10.6 Å². The number of rotatable bonds is 26. The van der Waals surface area contributed by atoms with E-state index in [9.17, 15) is 14.4 Å². The Hall–Kier alpha value is -3.03. The number of hydrogen-bond acceptors (Lipinski definition) is 5. The summed E-state index contributed by atoms with van der Waals surface area (Å²) in [7, 11) is 3.16. The van der Waals surface area contributed by atoms with Crippen LogP contribution in [0.25, 0.3) is 0 Å². The molecule has 0 radical (unpaired) electrons. The summed E-state index contributed by atoms with van der Waals surface area (Å²) in [6.07, 6.45) is 35.9. The summed E-state index contributed by atoms with van der Waals surface area (Å²) in [5, 5.41) is 5.85. The van der Waals surface area contributed by atoms with Crippen molar-refractivity contribution in [3.63, 3.8) is 0 Å². The number of benzene rings is 1. The summed E-state index contributed by atoms with van der Waals surface area (Å²) in [6, 6.07) is 9.50. The van der Waals surface area contributed by atoms with Crippen molar-refractivity contribution >= 4 is 39.7 Å². The molecule has 0 saturated heterocycles. The van der Waals surface area contributed by atoms with Crippen molar-refractivity contribution in [3.8, 4) is 0 Å². The van der Waals surface area contributed by atoms with Gasteiger partial charge in [0.2, 0.25) is 11.8 Å². The Morgan fingerprint density at radius 2 is 1.30 bits per heavy atom. The van der Waals surface area contributed by atoms with Crippen molar-refractivity contribution < 1.29 is 14.4 Å². The Labute approximate surface area is 287 Å². The van der Waals surface area contributed by atoms with E-state index in [-0.39, 0.29) is 11.8 Å². The molecule has 2 amide bonds. The van der Waals surface area contributed by atoms with Gasteiger partial charge in [0, 0.05) is 29.9 Å². The quantitative estimate of drug-likeness (QED) is 0.0447. The van der Waals surface area contributed by atoms with E-state index < -0.39 is 10.8 Å². The number of carbonyl (C=O) groups excluding carboxylic acids is 3. The first-order valence-corrected chi connectivity index (χ1v) is 19.0. The maximum atomic E-state index is 12.4. The van der Waals surface area contributed by atoms with Crippen LogP contribution in [-0.4, -0.2) is 41.2 Å². The molecule has 1 rings (SSSR count). The second-order valence-corrected chi connectivity index (χ2v) is 14.4. The van der Waals surface area contributed by atoms with Gasteiger partial charge < -0.3 is 15.4 Å². The third-order valence-corrected chi connectivity index (χ3v) is 10.1. The van der Waals surface area contributed by atoms with Crippen LogP contribution < -0.4 is 10.6 Å². The topological polar surface area (TPSA) is 75.3 Å². The van der Waals surface area contributed by atoms with Crippen molar-refractivity contribution in [2.24, 2.45) is 0 Å². The average Bonchev–Trinajstić information content (AvgIpc) is 3.05. The third-order valence-electron chi connectivity index (χ3n) is 6.83. The van der Waals surface area contributed by atoms with Crippen LogP contribution in [-0.2, 0) is 20.8 Å². The van der Waals surface area contributed by atoms with Gasteiger partial charge in [-0.05, 0) is 77.2 Å². The summed E-state index contributed by atoms with van der Waals surface area (Å²) < 4.78 is -0.471. The maximum absolute atomic E-state index is 12.4. The molecule has 1 aromatic rings. The van der Waals surface area contributed by atoms with Gasteiger partial charge in [0.15, 0.2) is 0 Å². The number of nitrogens with one attached hydrogen (secondary N) is 2. The van der Waals surface area contributed by atoms with Gasteiger partial charge >= 0.3 is 0 Å². The lowest BCUT2D eigenvalue weighted by atomic mass is 10.0. The van der Waals surface area contributed by atoms with Gasteiger partial charge in [-0.25, -0.2) is 0 Å². The predicted molar refractivity (Wildman–Crippen MR) is 202 cm³/mol. The van der Waals surface area contributed by atoms with Crippen LogP contribution in [0.15, 0.2) is 103 Å². The van der Waals surface area contributed by atoms with Crippen LogP contribution in [0, 0.1) is 0 Å². The Bertz CT molecular complexity index is 1140. The van der Waals surface area contributed by atoms with E-state index in [2.05, 4.69) is 103 Å². The first-order chi connectivity index (χ1) is 22.4. The Kier molecular flexibility index (Phi) is 25.1. The molecule has 0 spiro atoms. The second-order valence-electron chi connectivity index (χ2n) is 11.3. The Balaban J connectivity index is 2.08. The van der Waals surface area contributed by atoms with Crippen molar-refractivity contribution in [3.05, 3.63) is 109 Å². The highest BCUT2D eigenvalue weighted by atomic mass is 33.1. The van der Waals surface area contributed by atoms with E-state index in [4.69, 9.17) is 0 Å². The van der Waals surface area contributed by atoms with Gasteiger partial charge in [-0.3, -0.25) is 9.59 Å². The van der Waals surface area contributed by atoms with Crippen molar-refractivity contribution in [1.29, 1.82) is 0 Å². The lowest BCUT2D eigenvalue weighted by molar-refractivity contribution is -0.124. The number of hydrogen-bond donors (Lipinski definition) is 2.